The third-order valence-electron chi connectivity index (χ3n) is 3.77. The Bertz CT molecular complexity index is 184. The number of hydrogen-bond acceptors (Lipinski definition) is 3. The van der Waals surface area contributed by atoms with Crippen LogP contribution in [0.25, 0.3) is 0 Å². The second kappa shape index (κ2) is 4.40. The lowest BCUT2D eigenvalue weighted by Gasteiger charge is -2.29. The summed E-state index contributed by atoms with van der Waals surface area (Å²) in [6.07, 6.45) is 5.02. The van der Waals surface area contributed by atoms with Crippen LogP contribution < -0.4 is 10.6 Å². The molecule has 2 saturated heterocycles. The van der Waals surface area contributed by atoms with Crippen molar-refractivity contribution in [1.82, 2.24) is 10.6 Å². The van der Waals surface area contributed by atoms with Crippen LogP contribution in [-0.2, 0) is 4.74 Å². The number of rotatable bonds is 4. The van der Waals surface area contributed by atoms with Gasteiger partial charge < -0.3 is 15.4 Å². The molecule has 0 saturated carbocycles. The molecule has 15 heavy (non-hydrogen) atoms. The number of nitrogens with one attached hydrogen (secondary N) is 2. The van der Waals surface area contributed by atoms with E-state index in [1.807, 2.05) is 0 Å². The monoisotopic (exact) mass is 212 g/mol. The summed E-state index contributed by atoms with van der Waals surface area (Å²) in [6.45, 7) is 8.69. The molecule has 2 atom stereocenters. The average Bonchev–Trinajstić information content (AvgIpc) is 2.76. The van der Waals surface area contributed by atoms with E-state index in [9.17, 15) is 0 Å². The van der Waals surface area contributed by atoms with Gasteiger partial charge >= 0.3 is 0 Å². The summed E-state index contributed by atoms with van der Waals surface area (Å²) in [7, 11) is 0. The molecular weight excluding hydrogens is 188 g/mol. The predicted octanol–water partition coefficient (Wildman–Crippen LogP) is 1.29. The SMILES string of the molecule is CC1(CNCC2(C)CCCO2)CCCN1. The van der Waals surface area contributed by atoms with Crippen molar-refractivity contribution in [2.45, 2.75) is 50.7 Å². The Labute approximate surface area is 93.0 Å². The lowest BCUT2D eigenvalue weighted by molar-refractivity contribution is 0.0199. The summed E-state index contributed by atoms with van der Waals surface area (Å²) in [5, 5.41) is 7.13. The Morgan fingerprint density at radius 2 is 2.07 bits per heavy atom. The zero-order valence-corrected chi connectivity index (χ0v) is 10.1. The fourth-order valence-electron chi connectivity index (χ4n) is 2.69. The molecule has 2 aliphatic heterocycles. The van der Waals surface area contributed by atoms with Crippen molar-refractivity contribution < 1.29 is 4.74 Å². The molecule has 88 valence electrons. The first-order valence-corrected chi connectivity index (χ1v) is 6.22. The van der Waals surface area contributed by atoms with Gasteiger partial charge in [-0.3, -0.25) is 0 Å². The van der Waals surface area contributed by atoms with E-state index in [1.54, 1.807) is 0 Å². The van der Waals surface area contributed by atoms with Gasteiger partial charge in [0.2, 0.25) is 0 Å². The standard InChI is InChI=1S/C12H24N2O/c1-11(5-3-7-14-11)9-13-10-12(2)6-4-8-15-12/h13-14H,3-10H2,1-2H3. The maximum Gasteiger partial charge on any atom is 0.0779 e. The number of ether oxygens (including phenoxy) is 1. The van der Waals surface area contributed by atoms with Gasteiger partial charge in [0.15, 0.2) is 0 Å². The second-order valence-corrected chi connectivity index (χ2v) is 5.60. The molecule has 0 aliphatic carbocycles. The van der Waals surface area contributed by atoms with Crippen LogP contribution >= 0.6 is 0 Å². The number of hydrogen-bond donors (Lipinski definition) is 2. The first-order chi connectivity index (χ1) is 7.12. The molecule has 2 fully saturated rings. The molecule has 3 nitrogen and oxygen atoms in total. The molecule has 0 aromatic carbocycles. The summed E-state index contributed by atoms with van der Waals surface area (Å²) in [6, 6.07) is 0. The largest absolute Gasteiger partial charge is 0.374 e. The first-order valence-electron chi connectivity index (χ1n) is 6.22. The van der Waals surface area contributed by atoms with Crippen molar-refractivity contribution >= 4 is 0 Å². The van der Waals surface area contributed by atoms with Gasteiger partial charge in [0.25, 0.3) is 0 Å². The fraction of sp³-hybridized carbons (Fsp3) is 1.00. The first kappa shape index (κ1) is 11.4. The van der Waals surface area contributed by atoms with Crippen molar-refractivity contribution in [2.24, 2.45) is 0 Å². The predicted molar refractivity (Wildman–Crippen MR) is 62.1 cm³/mol. The van der Waals surface area contributed by atoms with Crippen LogP contribution in [0.5, 0.6) is 0 Å². The minimum absolute atomic E-state index is 0.0922. The Kier molecular flexibility index (Phi) is 3.33. The van der Waals surface area contributed by atoms with Crippen LogP contribution in [0.2, 0.25) is 0 Å². The van der Waals surface area contributed by atoms with Crippen molar-refractivity contribution in [3.8, 4) is 0 Å². The molecule has 0 spiro atoms. The van der Waals surface area contributed by atoms with Gasteiger partial charge in [-0.25, -0.2) is 0 Å². The van der Waals surface area contributed by atoms with Gasteiger partial charge in [-0.2, -0.15) is 0 Å². The summed E-state index contributed by atoms with van der Waals surface area (Å²) in [5.41, 5.74) is 0.407. The van der Waals surface area contributed by atoms with Crippen LogP contribution in [0, 0.1) is 0 Å². The van der Waals surface area contributed by atoms with Crippen LogP contribution in [0.15, 0.2) is 0 Å². The fourth-order valence-corrected chi connectivity index (χ4v) is 2.69. The Balaban J connectivity index is 1.69. The van der Waals surface area contributed by atoms with Crippen LogP contribution in [0.4, 0.5) is 0 Å². The molecule has 2 aliphatic rings. The molecule has 2 heterocycles. The smallest absolute Gasteiger partial charge is 0.0779 e. The third-order valence-corrected chi connectivity index (χ3v) is 3.77. The third kappa shape index (κ3) is 2.92. The highest BCUT2D eigenvalue weighted by Gasteiger charge is 2.32. The molecule has 0 amide bonds. The molecule has 3 heteroatoms. The zero-order valence-electron chi connectivity index (χ0n) is 10.1. The lowest BCUT2D eigenvalue weighted by Crippen LogP contribution is -2.49. The van der Waals surface area contributed by atoms with E-state index < -0.39 is 0 Å². The van der Waals surface area contributed by atoms with E-state index in [1.165, 1.54) is 32.2 Å². The highest BCUT2D eigenvalue weighted by molar-refractivity contribution is 4.92. The maximum atomic E-state index is 5.76. The van der Waals surface area contributed by atoms with E-state index in [2.05, 4.69) is 24.5 Å². The van der Waals surface area contributed by atoms with Crippen molar-refractivity contribution in [3.63, 3.8) is 0 Å². The molecule has 0 aromatic rings. The van der Waals surface area contributed by atoms with Gasteiger partial charge in [-0.05, 0) is 46.1 Å². The average molecular weight is 212 g/mol. The van der Waals surface area contributed by atoms with Gasteiger partial charge in [-0.1, -0.05) is 0 Å². The van der Waals surface area contributed by atoms with Crippen LogP contribution in [0.3, 0.4) is 0 Å². The Morgan fingerprint density at radius 1 is 1.20 bits per heavy atom. The van der Waals surface area contributed by atoms with Gasteiger partial charge in [0.1, 0.15) is 0 Å². The summed E-state index contributed by atoms with van der Waals surface area (Å²) in [5.74, 6) is 0. The quantitative estimate of drug-likeness (QED) is 0.736. The van der Waals surface area contributed by atoms with Gasteiger partial charge in [0.05, 0.1) is 5.60 Å². The lowest BCUT2D eigenvalue weighted by atomic mass is 9.99. The molecule has 2 unspecified atom stereocenters. The molecule has 0 radical (unpaired) electrons. The van der Waals surface area contributed by atoms with Crippen molar-refractivity contribution in [2.75, 3.05) is 26.2 Å². The van der Waals surface area contributed by atoms with E-state index in [0.717, 1.165) is 19.7 Å². The molecule has 2 rings (SSSR count). The van der Waals surface area contributed by atoms with Gasteiger partial charge in [0, 0.05) is 25.2 Å². The summed E-state index contributed by atoms with van der Waals surface area (Å²) in [4.78, 5) is 0. The van der Waals surface area contributed by atoms with Crippen LogP contribution in [0.1, 0.15) is 39.5 Å². The second-order valence-electron chi connectivity index (χ2n) is 5.60. The maximum absolute atomic E-state index is 5.76. The minimum Gasteiger partial charge on any atom is -0.374 e. The zero-order chi connectivity index (χ0) is 10.8. The van der Waals surface area contributed by atoms with Crippen LogP contribution in [-0.4, -0.2) is 37.4 Å². The summed E-state index contributed by atoms with van der Waals surface area (Å²) >= 11 is 0. The highest BCUT2D eigenvalue weighted by Crippen LogP contribution is 2.24. The van der Waals surface area contributed by atoms with E-state index in [4.69, 9.17) is 4.74 Å². The van der Waals surface area contributed by atoms with E-state index in [0.29, 0.717) is 5.54 Å². The van der Waals surface area contributed by atoms with E-state index >= 15 is 0 Å². The van der Waals surface area contributed by atoms with Crippen molar-refractivity contribution in [3.05, 3.63) is 0 Å². The molecular formula is C12H24N2O. The Hall–Kier alpha value is -0.120. The normalized spacial score (nSPS) is 41.2. The Morgan fingerprint density at radius 3 is 2.67 bits per heavy atom. The highest BCUT2D eigenvalue weighted by atomic mass is 16.5. The molecule has 0 aromatic heterocycles. The minimum atomic E-state index is 0.0922. The molecule has 0 bridgehead atoms. The topological polar surface area (TPSA) is 33.3 Å². The van der Waals surface area contributed by atoms with E-state index in [-0.39, 0.29) is 5.60 Å². The van der Waals surface area contributed by atoms with Crippen molar-refractivity contribution in [1.29, 1.82) is 0 Å². The molecule has 2 N–H and O–H groups in total. The van der Waals surface area contributed by atoms with Gasteiger partial charge in [-0.15, -0.1) is 0 Å². The summed E-state index contributed by atoms with van der Waals surface area (Å²) < 4.78 is 5.76.